The van der Waals surface area contributed by atoms with Gasteiger partial charge in [0.1, 0.15) is 6.29 Å². The van der Waals surface area contributed by atoms with Gasteiger partial charge in [0.15, 0.2) is 0 Å². The smallest absolute Gasteiger partial charge is 0.217 e. The quantitative estimate of drug-likeness (QED) is 0.379. The Kier molecular flexibility index (Phi) is 13.5. The molecule has 0 rings (SSSR count). The highest BCUT2D eigenvalue weighted by Gasteiger charge is 1.95. The molecule has 3 heteroatoms. The van der Waals surface area contributed by atoms with Crippen molar-refractivity contribution in [3.63, 3.8) is 0 Å². The third kappa shape index (κ3) is 15.1. The fourth-order valence-electron chi connectivity index (χ4n) is 2.12. The van der Waals surface area contributed by atoms with Gasteiger partial charge in [0, 0.05) is 12.8 Å². The molecular formula is C15H29NO2. The number of hydrogen-bond acceptors (Lipinski definition) is 2. The molecule has 0 aliphatic rings. The lowest BCUT2D eigenvalue weighted by Gasteiger charge is -2.02. The van der Waals surface area contributed by atoms with Crippen LogP contribution in [0.2, 0.25) is 0 Å². The fourth-order valence-corrected chi connectivity index (χ4v) is 2.12. The molecule has 0 saturated heterocycles. The first-order valence-electron chi connectivity index (χ1n) is 7.49. The highest BCUT2D eigenvalue weighted by Crippen LogP contribution is 2.12. The van der Waals surface area contributed by atoms with Gasteiger partial charge in [-0.15, -0.1) is 0 Å². The second-order valence-electron chi connectivity index (χ2n) is 5.06. The van der Waals surface area contributed by atoms with E-state index in [1.165, 1.54) is 51.4 Å². The van der Waals surface area contributed by atoms with Gasteiger partial charge in [-0.3, -0.25) is 4.79 Å². The van der Waals surface area contributed by atoms with E-state index in [1.54, 1.807) is 0 Å². The van der Waals surface area contributed by atoms with Crippen molar-refractivity contribution < 1.29 is 9.59 Å². The van der Waals surface area contributed by atoms with Crippen molar-refractivity contribution in [2.45, 2.75) is 83.5 Å². The summed E-state index contributed by atoms with van der Waals surface area (Å²) < 4.78 is 0. The zero-order valence-corrected chi connectivity index (χ0v) is 11.7. The third-order valence-corrected chi connectivity index (χ3v) is 3.25. The number of unbranched alkanes of at least 4 members (excludes halogenated alkanes) is 11. The molecule has 0 bridgehead atoms. The van der Waals surface area contributed by atoms with Gasteiger partial charge in [0.25, 0.3) is 0 Å². The van der Waals surface area contributed by atoms with E-state index in [-0.39, 0.29) is 5.91 Å². The molecule has 0 aliphatic carbocycles. The maximum Gasteiger partial charge on any atom is 0.217 e. The normalized spacial score (nSPS) is 10.4. The lowest BCUT2D eigenvalue weighted by molar-refractivity contribution is -0.118. The minimum Gasteiger partial charge on any atom is -0.370 e. The Morgan fingerprint density at radius 3 is 1.50 bits per heavy atom. The Labute approximate surface area is 112 Å². The molecule has 0 aromatic carbocycles. The number of nitrogens with two attached hydrogens (primary N) is 1. The summed E-state index contributed by atoms with van der Waals surface area (Å²) >= 11 is 0. The van der Waals surface area contributed by atoms with E-state index < -0.39 is 0 Å². The van der Waals surface area contributed by atoms with Gasteiger partial charge in [-0.05, 0) is 12.8 Å². The third-order valence-electron chi connectivity index (χ3n) is 3.25. The number of rotatable bonds is 14. The topological polar surface area (TPSA) is 60.2 Å². The van der Waals surface area contributed by atoms with Crippen LogP contribution >= 0.6 is 0 Å². The molecule has 0 saturated carbocycles. The Hall–Kier alpha value is -0.860. The van der Waals surface area contributed by atoms with Crippen LogP contribution in [0.4, 0.5) is 0 Å². The van der Waals surface area contributed by atoms with E-state index in [1.807, 2.05) is 0 Å². The first-order chi connectivity index (χ1) is 8.77. The Morgan fingerprint density at radius 1 is 0.722 bits per heavy atom. The van der Waals surface area contributed by atoms with Crippen LogP contribution < -0.4 is 5.73 Å². The fraction of sp³-hybridized carbons (Fsp3) is 0.867. The van der Waals surface area contributed by atoms with Crippen molar-refractivity contribution in [1.29, 1.82) is 0 Å². The molecule has 0 fully saturated rings. The summed E-state index contributed by atoms with van der Waals surface area (Å²) in [6, 6.07) is 0. The largest absolute Gasteiger partial charge is 0.370 e. The van der Waals surface area contributed by atoms with Crippen LogP contribution in [0.1, 0.15) is 83.5 Å². The lowest BCUT2D eigenvalue weighted by atomic mass is 10.0. The molecule has 0 atom stereocenters. The minimum atomic E-state index is -0.176. The van der Waals surface area contributed by atoms with Gasteiger partial charge in [-0.25, -0.2) is 0 Å². The van der Waals surface area contributed by atoms with Gasteiger partial charge in [-0.2, -0.15) is 0 Å². The van der Waals surface area contributed by atoms with Crippen LogP contribution in [0.15, 0.2) is 0 Å². The summed E-state index contributed by atoms with van der Waals surface area (Å²) in [4.78, 5) is 20.6. The average Bonchev–Trinajstić information content (AvgIpc) is 2.34. The highest BCUT2D eigenvalue weighted by molar-refractivity contribution is 5.73. The average molecular weight is 255 g/mol. The molecule has 2 N–H and O–H groups in total. The standard InChI is InChI=1S/C15H29NO2/c16-15(18)13-11-9-7-5-3-1-2-4-6-8-10-12-14-17/h14H,1-13H2,(H2,16,18). The second-order valence-corrected chi connectivity index (χ2v) is 5.06. The van der Waals surface area contributed by atoms with Crippen LogP contribution in [0.3, 0.4) is 0 Å². The van der Waals surface area contributed by atoms with Gasteiger partial charge < -0.3 is 10.5 Å². The van der Waals surface area contributed by atoms with Crippen LogP contribution in [0, 0.1) is 0 Å². The van der Waals surface area contributed by atoms with Gasteiger partial charge >= 0.3 is 0 Å². The number of primary amides is 1. The van der Waals surface area contributed by atoms with Crippen molar-refractivity contribution in [3.05, 3.63) is 0 Å². The lowest BCUT2D eigenvalue weighted by Crippen LogP contribution is -2.09. The predicted octanol–water partition coefficient (Wildman–Crippen LogP) is 3.74. The first-order valence-corrected chi connectivity index (χ1v) is 7.49. The van der Waals surface area contributed by atoms with E-state index in [0.29, 0.717) is 6.42 Å². The molecule has 0 spiro atoms. The van der Waals surface area contributed by atoms with Gasteiger partial charge in [0.2, 0.25) is 5.91 Å². The van der Waals surface area contributed by atoms with Gasteiger partial charge in [0.05, 0.1) is 0 Å². The van der Waals surface area contributed by atoms with E-state index in [9.17, 15) is 9.59 Å². The number of amides is 1. The van der Waals surface area contributed by atoms with E-state index in [0.717, 1.165) is 32.0 Å². The number of carbonyl (C=O) groups is 2. The van der Waals surface area contributed by atoms with Crippen molar-refractivity contribution >= 4 is 12.2 Å². The van der Waals surface area contributed by atoms with E-state index in [4.69, 9.17) is 5.73 Å². The molecule has 0 unspecified atom stereocenters. The predicted molar refractivity (Wildman–Crippen MR) is 75.3 cm³/mol. The molecule has 106 valence electrons. The minimum absolute atomic E-state index is 0.176. The maximum atomic E-state index is 10.5. The molecule has 0 aromatic rings. The van der Waals surface area contributed by atoms with Crippen molar-refractivity contribution in [3.8, 4) is 0 Å². The van der Waals surface area contributed by atoms with E-state index >= 15 is 0 Å². The van der Waals surface area contributed by atoms with Crippen molar-refractivity contribution in [2.75, 3.05) is 0 Å². The van der Waals surface area contributed by atoms with E-state index in [2.05, 4.69) is 0 Å². The summed E-state index contributed by atoms with van der Waals surface area (Å²) in [6.07, 6.45) is 15.7. The molecule has 1 amide bonds. The van der Waals surface area contributed by atoms with Crippen LogP contribution in [0.25, 0.3) is 0 Å². The second kappa shape index (κ2) is 14.2. The molecule has 0 aromatic heterocycles. The Bertz CT molecular complexity index is 205. The summed E-state index contributed by atoms with van der Waals surface area (Å²) in [7, 11) is 0. The molecular weight excluding hydrogens is 226 g/mol. The van der Waals surface area contributed by atoms with Gasteiger partial charge in [-0.1, -0.05) is 57.8 Å². The zero-order chi connectivity index (χ0) is 13.5. The van der Waals surface area contributed by atoms with Crippen LogP contribution in [-0.2, 0) is 9.59 Å². The van der Waals surface area contributed by atoms with Crippen molar-refractivity contribution in [1.82, 2.24) is 0 Å². The molecule has 0 heterocycles. The number of aldehydes is 1. The first kappa shape index (κ1) is 17.1. The molecule has 3 nitrogen and oxygen atoms in total. The summed E-state index contributed by atoms with van der Waals surface area (Å²) in [5.74, 6) is -0.176. The molecule has 0 aliphatic heterocycles. The Morgan fingerprint density at radius 2 is 1.11 bits per heavy atom. The number of hydrogen-bond donors (Lipinski definition) is 1. The summed E-state index contributed by atoms with van der Waals surface area (Å²) in [6.45, 7) is 0. The van der Waals surface area contributed by atoms with Crippen LogP contribution in [0.5, 0.6) is 0 Å². The maximum absolute atomic E-state index is 10.5. The summed E-state index contributed by atoms with van der Waals surface area (Å²) in [5.41, 5.74) is 5.07. The number of carbonyl (C=O) groups excluding carboxylic acids is 2. The monoisotopic (exact) mass is 255 g/mol. The summed E-state index contributed by atoms with van der Waals surface area (Å²) in [5, 5.41) is 0. The zero-order valence-electron chi connectivity index (χ0n) is 11.7. The van der Waals surface area contributed by atoms with Crippen LogP contribution in [-0.4, -0.2) is 12.2 Å². The highest BCUT2D eigenvalue weighted by atomic mass is 16.1. The molecule has 0 radical (unpaired) electrons. The Balaban J connectivity index is 2.94. The molecule has 18 heavy (non-hydrogen) atoms. The van der Waals surface area contributed by atoms with Crippen molar-refractivity contribution in [2.24, 2.45) is 5.73 Å². The SMILES string of the molecule is NC(=O)CCCCCCCCCCCCCC=O.